The van der Waals surface area contributed by atoms with Crippen LogP contribution in [0.15, 0.2) is 84.9 Å². The van der Waals surface area contributed by atoms with Crippen molar-refractivity contribution in [1.82, 2.24) is 0 Å². The summed E-state index contributed by atoms with van der Waals surface area (Å²) in [4.78, 5) is 0. The first kappa shape index (κ1) is 17.5. The first-order valence-electron chi connectivity index (χ1n) is 9.03. The van der Waals surface area contributed by atoms with Crippen LogP contribution in [0, 0.1) is 0 Å². The minimum atomic E-state index is 0.704. The van der Waals surface area contributed by atoms with Crippen molar-refractivity contribution in [3.63, 3.8) is 0 Å². The van der Waals surface area contributed by atoms with Crippen molar-refractivity contribution in [1.29, 1.82) is 0 Å². The van der Waals surface area contributed by atoms with Crippen molar-refractivity contribution in [3.8, 4) is 33.4 Å². The van der Waals surface area contributed by atoms with Crippen molar-refractivity contribution in [2.75, 3.05) is 22.9 Å². The molecular formula is C24H22N4. The third-order valence-corrected chi connectivity index (χ3v) is 4.86. The van der Waals surface area contributed by atoms with E-state index < -0.39 is 0 Å². The summed E-state index contributed by atoms with van der Waals surface area (Å²) >= 11 is 0. The molecule has 0 fully saturated rings. The number of hydrogen-bond donors (Lipinski definition) is 4. The molecule has 8 N–H and O–H groups in total. The van der Waals surface area contributed by atoms with Gasteiger partial charge in [0, 0.05) is 28.3 Å². The van der Waals surface area contributed by atoms with E-state index in [1.807, 2.05) is 84.9 Å². The van der Waals surface area contributed by atoms with Crippen LogP contribution in [0.3, 0.4) is 0 Å². The zero-order valence-electron chi connectivity index (χ0n) is 15.4. The molecule has 4 nitrogen and oxygen atoms in total. The number of anilines is 4. The van der Waals surface area contributed by atoms with Crippen LogP contribution in [0.4, 0.5) is 22.7 Å². The molecule has 0 saturated heterocycles. The molecule has 0 aliphatic rings. The van der Waals surface area contributed by atoms with Crippen LogP contribution in [-0.2, 0) is 0 Å². The normalized spacial score (nSPS) is 10.7. The maximum atomic E-state index is 6.45. The van der Waals surface area contributed by atoms with Gasteiger partial charge in [0.15, 0.2) is 0 Å². The van der Waals surface area contributed by atoms with Gasteiger partial charge in [0.1, 0.15) is 0 Å². The molecule has 0 aromatic heterocycles. The summed E-state index contributed by atoms with van der Waals surface area (Å²) in [7, 11) is 0. The van der Waals surface area contributed by atoms with Gasteiger partial charge in [-0.25, -0.2) is 0 Å². The lowest BCUT2D eigenvalue weighted by molar-refractivity contribution is 1.55. The fraction of sp³-hybridized carbons (Fsp3) is 0. The fourth-order valence-corrected chi connectivity index (χ4v) is 3.43. The predicted octanol–water partition coefficient (Wildman–Crippen LogP) is 5.02. The van der Waals surface area contributed by atoms with Crippen LogP contribution in [0.25, 0.3) is 33.4 Å². The molecule has 0 aliphatic carbocycles. The molecule has 0 atom stereocenters. The molecule has 0 spiro atoms. The van der Waals surface area contributed by atoms with Crippen LogP contribution in [0.2, 0.25) is 0 Å². The summed E-state index contributed by atoms with van der Waals surface area (Å²) in [5.74, 6) is 0. The smallest absolute Gasteiger partial charge is 0.0400 e. The molecule has 0 unspecified atom stereocenters. The summed E-state index contributed by atoms with van der Waals surface area (Å²) in [6.45, 7) is 0. The van der Waals surface area contributed by atoms with E-state index in [-0.39, 0.29) is 0 Å². The molecule has 0 heterocycles. The predicted molar refractivity (Wildman–Crippen MR) is 120 cm³/mol. The van der Waals surface area contributed by atoms with Gasteiger partial charge in [-0.2, -0.15) is 0 Å². The zero-order valence-corrected chi connectivity index (χ0v) is 15.4. The maximum Gasteiger partial charge on any atom is 0.0400 e. The van der Waals surface area contributed by atoms with E-state index in [2.05, 4.69) is 0 Å². The summed E-state index contributed by atoms with van der Waals surface area (Å²) in [6, 6.07) is 27.4. The minimum absolute atomic E-state index is 0.704. The number of benzene rings is 4. The van der Waals surface area contributed by atoms with Gasteiger partial charge in [-0.15, -0.1) is 0 Å². The Balaban J connectivity index is 2.04. The van der Waals surface area contributed by atoms with Crippen LogP contribution in [0.1, 0.15) is 0 Å². The van der Waals surface area contributed by atoms with Gasteiger partial charge in [-0.3, -0.25) is 0 Å². The van der Waals surface area contributed by atoms with Gasteiger partial charge in [0.25, 0.3) is 0 Å². The molecule has 4 aromatic carbocycles. The average molecular weight is 366 g/mol. The molecular weight excluding hydrogens is 344 g/mol. The lowest BCUT2D eigenvalue weighted by atomic mass is 9.86. The highest BCUT2D eigenvalue weighted by molar-refractivity contribution is 5.99. The van der Waals surface area contributed by atoms with Gasteiger partial charge in [-0.1, -0.05) is 42.5 Å². The highest BCUT2D eigenvalue weighted by Crippen LogP contribution is 2.43. The quantitative estimate of drug-likeness (QED) is 0.382. The summed E-state index contributed by atoms with van der Waals surface area (Å²) in [5.41, 5.74) is 33.2. The van der Waals surface area contributed by atoms with Gasteiger partial charge < -0.3 is 22.9 Å². The number of nitrogens with two attached hydrogens (primary N) is 4. The molecule has 0 bridgehead atoms. The minimum Gasteiger partial charge on any atom is -0.399 e. The first-order chi connectivity index (χ1) is 13.5. The fourth-order valence-electron chi connectivity index (χ4n) is 3.43. The third kappa shape index (κ3) is 3.23. The first-order valence-corrected chi connectivity index (χ1v) is 9.03. The summed E-state index contributed by atoms with van der Waals surface area (Å²) in [6.07, 6.45) is 0. The highest BCUT2D eigenvalue weighted by Gasteiger charge is 2.17. The van der Waals surface area contributed by atoms with E-state index in [1.54, 1.807) is 0 Å². The molecule has 0 saturated carbocycles. The molecule has 0 radical (unpaired) electrons. The Bertz CT molecular complexity index is 1110. The average Bonchev–Trinajstić information content (AvgIpc) is 2.70. The van der Waals surface area contributed by atoms with Crippen LogP contribution < -0.4 is 22.9 Å². The van der Waals surface area contributed by atoms with Gasteiger partial charge in [0.2, 0.25) is 0 Å². The van der Waals surface area contributed by atoms with E-state index in [1.165, 1.54) is 0 Å². The number of hydrogen-bond acceptors (Lipinski definition) is 4. The van der Waals surface area contributed by atoms with E-state index in [0.717, 1.165) is 44.8 Å². The van der Waals surface area contributed by atoms with Crippen molar-refractivity contribution in [2.45, 2.75) is 0 Å². The largest absolute Gasteiger partial charge is 0.399 e. The highest BCUT2D eigenvalue weighted by atomic mass is 14.6. The van der Waals surface area contributed by atoms with Crippen molar-refractivity contribution >= 4 is 22.7 Å². The second-order valence-electron chi connectivity index (χ2n) is 6.82. The van der Waals surface area contributed by atoms with E-state index in [0.29, 0.717) is 11.4 Å². The Morgan fingerprint density at radius 3 is 1.21 bits per heavy atom. The lowest BCUT2D eigenvalue weighted by Gasteiger charge is -2.19. The second kappa shape index (κ2) is 7.00. The molecule has 28 heavy (non-hydrogen) atoms. The Kier molecular flexibility index (Phi) is 4.38. The van der Waals surface area contributed by atoms with Gasteiger partial charge >= 0.3 is 0 Å². The Morgan fingerprint density at radius 2 is 0.750 bits per heavy atom. The maximum absolute atomic E-state index is 6.45. The summed E-state index contributed by atoms with van der Waals surface area (Å²) < 4.78 is 0. The van der Waals surface area contributed by atoms with Gasteiger partial charge in [-0.05, 0) is 70.3 Å². The standard InChI is InChI=1S/C24H22N4/c25-18-7-1-15(2-8-18)21-13-14-22(28)24(17-5-11-20(27)12-6-17)23(21)16-3-9-19(26)10-4-16/h1-14H,25-28H2. The second-order valence-corrected chi connectivity index (χ2v) is 6.82. The Labute approximate surface area is 164 Å². The van der Waals surface area contributed by atoms with Crippen molar-refractivity contribution < 1.29 is 0 Å². The SMILES string of the molecule is Nc1ccc(-c2ccc(N)c(-c3ccc(N)cc3)c2-c2ccc(N)cc2)cc1. The van der Waals surface area contributed by atoms with Crippen molar-refractivity contribution in [2.24, 2.45) is 0 Å². The van der Waals surface area contributed by atoms with E-state index >= 15 is 0 Å². The molecule has 0 amide bonds. The van der Waals surface area contributed by atoms with Gasteiger partial charge in [0.05, 0.1) is 0 Å². The number of nitrogen functional groups attached to an aromatic ring is 4. The van der Waals surface area contributed by atoms with E-state index in [4.69, 9.17) is 22.9 Å². The van der Waals surface area contributed by atoms with Crippen LogP contribution in [-0.4, -0.2) is 0 Å². The Hall–Kier alpha value is -3.92. The third-order valence-electron chi connectivity index (χ3n) is 4.86. The number of rotatable bonds is 3. The van der Waals surface area contributed by atoms with Crippen LogP contribution in [0.5, 0.6) is 0 Å². The molecule has 138 valence electrons. The van der Waals surface area contributed by atoms with Crippen LogP contribution >= 0.6 is 0 Å². The van der Waals surface area contributed by atoms with E-state index in [9.17, 15) is 0 Å². The topological polar surface area (TPSA) is 104 Å². The lowest BCUT2D eigenvalue weighted by Crippen LogP contribution is -1.97. The monoisotopic (exact) mass is 366 g/mol. The molecule has 4 aromatic rings. The zero-order chi connectivity index (χ0) is 19.7. The molecule has 0 aliphatic heterocycles. The molecule has 4 heteroatoms. The van der Waals surface area contributed by atoms with Crippen molar-refractivity contribution in [3.05, 3.63) is 84.9 Å². The Morgan fingerprint density at radius 1 is 0.357 bits per heavy atom. The molecule has 4 rings (SSSR count). The summed E-state index contributed by atoms with van der Waals surface area (Å²) in [5, 5.41) is 0.